The molecule has 2 rings (SSSR count). The van der Waals surface area contributed by atoms with Crippen LogP contribution < -0.4 is 10.5 Å². The topological polar surface area (TPSA) is 35.2 Å². The maximum absolute atomic E-state index is 6.26. The lowest BCUT2D eigenvalue weighted by molar-refractivity contribution is 0.305. The molecule has 0 amide bonds. The van der Waals surface area contributed by atoms with E-state index in [0.29, 0.717) is 6.61 Å². The van der Waals surface area contributed by atoms with Gasteiger partial charge in [0, 0.05) is 6.04 Å². The maximum atomic E-state index is 6.26. The minimum Gasteiger partial charge on any atom is -0.489 e. The van der Waals surface area contributed by atoms with E-state index in [1.807, 2.05) is 30.3 Å². The summed E-state index contributed by atoms with van der Waals surface area (Å²) >= 11 is 0. The highest BCUT2D eigenvalue weighted by molar-refractivity contribution is 5.30. The first-order chi connectivity index (χ1) is 10.3. The van der Waals surface area contributed by atoms with Crippen LogP contribution in [0.1, 0.15) is 49.8 Å². The van der Waals surface area contributed by atoms with Gasteiger partial charge in [0.25, 0.3) is 0 Å². The lowest BCUT2D eigenvalue weighted by Gasteiger charge is -2.13. The van der Waals surface area contributed by atoms with Crippen LogP contribution in [0.25, 0.3) is 0 Å². The van der Waals surface area contributed by atoms with Crippen molar-refractivity contribution in [1.82, 2.24) is 0 Å². The van der Waals surface area contributed by atoms with E-state index in [2.05, 4.69) is 31.2 Å². The van der Waals surface area contributed by atoms with Gasteiger partial charge in [-0.15, -0.1) is 0 Å². The minimum absolute atomic E-state index is 0.108. The largest absolute Gasteiger partial charge is 0.489 e. The molecule has 2 aromatic rings. The number of benzene rings is 2. The minimum atomic E-state index is 0.108. The summed E-state index contributed by atoms with van der Waals surface area (Å²) in [4.78, 5) is 0. The van der Waals surface area contributed by atoms with E-state index in [1.54, 1.807) is 0 Å². The molecule has 0 aliphatic heterocycles. The van der Waals surface area contributed by atoms with Crippen molar-refractivity contribution in [3.8, 4) is 5.75 Å². The fraction of sp³-hybridized carbons (Fsp3) is 0.368. The summed E-state index contributed by atoms with van der Waals surface area (Å²) in [6, 6.07) is 18.5. The molecule has 21 heavy (non-hydrogen) atoms. The molecule has 0 aliphatic carbocycles. The third-order valence-electron chi connectivity index (χ3n) is 3.65. The van der Waals surface area contributed by atoms with E-state index in [0.717, 1.165) is 17.7 Å². The molecule has 0 fully saturated rings. The van der Waals surface area contributed by atoms with Crippen molar-refractivity contribution in [3.05, 3.63) is 65.7 Å². The van der Waals surface area contributed by atoms with Crippen LogP contribution in [0.4, 0.5) is 0 Å². The predicted octanol–water partition coefficient (Wildman–Crippen LogP) is 4.85. The zero-order valence-electron chi connectivity index (χ0n) is 12.8. The van der Waals surface area contributed by atoms with Gasteiger partial charge in [0.15, 0.2) is 0 Å². The standard InChI is InChI=1S/C19H25NO/c1-2-3-5-13-19(20)17-11-8-12-18(14-17)21-15-16-9-6-4-7-10-16/h4,6-12,14,19H,2-3,5,13,15,20H2,1H3/t19-/m0/s1. The molecule has 1 atom stereocenters. The van der Waals surface area contributed by atoms with Crippen LogP contribution in [0.2, 0.25) is 0 Å². The summed E-state index contributed by atoms with van der Waals surface area (Å²) in [6.45, 7) is 2.80. The van der Waals surface area contributed by atoms with Gasteiger partial charge in [-0.1, -0.05) is 68.7 Å². The molecule has 0 radical (unpaired) electrons. The van der Waals surface area contributed by atoms with E-state index in [-0.39, 0.29) is 6.04 Å². The molecule has 2 heteroatoms. The van der Waals surface area contributed by atoms with E-state index < -0.39 is 0 Å². The van der Waals surface area contributed by atoms with Crippen molar-refractivity contribution in [1.29, 1.82) is 0 Å². The Morgan fingerprint density at radius 2 is 1.81 bits per heavy atom. The van der Waals surface area contributed by atoms with Crippen molar-refractivity contribution in [2.75, 3.05) is 0 Å². The zero-order chi connectivity index (χ0) is 14.9. The highest BCUT2D eigenvalue weighted by Gasteiger charge is 2.06. The summed E-state index contributed by atoms with van der Waals surface area (Å²) in [6.07, 6.45) is 4.70. The lowest BCUT2D eigenvalue weighted by Crippen LogP contribution is -2.10. The zero-order valence-corrected chi connectivity index (χ0v) is 12.8. The Hall–Kier alpha value is -1.80. The van der Waals surface area contributed by atoms with Gasteiger partial charge in [0.2, 0.25) is 0 Å². The molecule has 2 nitrogen and oxygen atoms in total. The van der Waals surface area contributed by atoms with Crippen LogP contribution in [0, 0.1) is 0 Å². The molecule has 0 bridgehead atoms. The Labute approximate surface area is 127 Å². The Morgan fingerprint density at radius 1 is 1.00 bits per heavy atom. The van der Waals surface area contributed by atoms with Gasteiger partial charge in [-0.25, -0.2) is 0 Å². The summed E-state index contributed by atoms with van der Waals surface area (Å²) < 4.78 is 5.85. The molecular weight excluding hydrogens is 258 g/mol. The van der Waals surface area contributed by atoms with Crippen LogP contribution in [-0.2, 0) is 6.61 Å². The van der Waals surface area contributed by atoms with Gasteiger partial charge < -0.3 is 10.5 Å². The maximum Gasteiger partial charge on any atom is 0.120 e. The Kier molecular flexibility index (Phi) is 6.29. The summed E-state index contributed by atoms with van der Waals surface area (Å²) in [5.41, 5.74) is 8.60. The second kappa shape index (κ2) is 8.48. The predicted molar refractivity (Wildman–Crippen MR) is 88.3 cm³/mol. The summed E-state index contributed by atoms with van der Waals surface area (Å²) in [5, 5.41) is 0. The van der Waals surface area contributed by atoms with Gasteiger partial charge in [-0.3, -0.25) is 0 Å². The molecule has 0 saturated heterocycles. The average Bonchev–Trinajstić information content (AvgIpc) is 2.54. The second-order valence-electron chi connectivity index (χ2n) is 5.45. The number of hydrogen-bond acceptors (Lipinski definition) is 2. The first kappa shape index (κ1) is 15.6. The lowest BCUT2D eigenvalue weighted by atomic mass is 10.0. The third kappa shape index (κ3) is 5.24. The first-order valence-corrected chi connectivity index (χ1v) is 7.82. The monoisotopic (exact) mass is 283 g/mol. The van der Waals surface area contributed by atoms with Crippen LogP contribution >= 0.6 is 0 Å². The van der Waals surface area contributed by atoms with Crippen molar-refractivity contribution >= 4 is 0 Å². The van der Waals surface area contributed by atoms with Crippen molar-refractivity contribution < 1.29 is 4.74 Å². The van der Waals surface area contributed by atoms with Gasteiger partial charge in [0.1, 0.15) is 12.4 Å². The Bertz CT molecular complexity index is 524. The van der Waals surface area contributed by atoms with E-state index in [9.17, 15) is 0 Å². The van der Waals surface area contributed by atoms with Crippen LogP contribution in [-0.4, -0.2) is 0 Å². The van der Waals surface area contributed by atoms with Crippen molar-refractivity contribution in [2.45, 2.75) is 45.3 Å². The highest BCUT2D eigenvalue weighted by Crippen LogP contribution is 2.22. The molecule has 112 valence electrons. The smallest absolute Gasteiger partial charge is 0.120 e. The first-order valence-electron chi connectivity index (χ1n) is 7.82. The van der Waals surface area contributed by atoms with Gasteiger partial charge in [-0.05, 0) is 29.7 Å². The summed E-state index contributed by atoms with van der Waals surface area (Å²) in [5.74, 6) is 0.891. The number of ether oxygens (including phenoxy) is 1. The number of hydrogen-bond donors (Lipinski definition) is 1. The Balaban J connectivity index is 1.91. The molecular formula is C19H25NO. The molecule has 0 heterocycles. The van der Waals surface area contributed by atoms with Gasteiger partial charge in [0.05, 0.1) is 0 Å². The third-order valence-corrected chi connectivity index (χ3v) is 3.65. The molecule has 0 spiro atoms. The molecule has 0 saturated carbocycles. The van der Waals surface area contributed by atoms with E-state index >= 15 is 0 Å². The average molecular weight is 283 g/mol. The van der Waals surface area contributed by atoms with Crippen LogP contribution in [0.5, 0.6) is 5.75 Å². The van der Waals surface area contributed by atoms with E-state index in [4.69, 9.17) is 10.5 Å². The SMILES string of the molecule is CCCCC[C@H](N)c1cccc(OCc2ccccc2)c1. The molecule has 0 aromatic heterocycles. The quantitative estimate of drug-likeness (QED) is 0.703. The Morgan fingerprint density at radius 3 is 2.57 bits per heavy atom. The number of unbranched alkanes of at least 4 members (excludes halogenated alkanes) is 2. The number of nitrogens with two attached hydrogens (primary N) is 1. The van der Waals surface area contributed by atoms with Crippen molar-refractivity contribution in [2.24, 2.45) is 5.73 Å². The van der Waals surface area contributed by atoms with Crippen LogP contribution in [0.3, 0.4) is 0 Å². The van der Waals surface area contributed by atoms with Crippen LogP contribution in [0.15, 0.2) is 54.6 Å². The molecule has 2 N–H and O–H groups in total. The highest BCUT2D eigenvalue weighted by atomic mass is 16.5. The fourth-order valence-electron chi connectivity index (χ4n) is 2.36. The number of rotatable bonds is 8. The summed E-state index contributed by atoms with van der Waals surface area (Å²) in [7, 11) is 0. The normalized spacial score (nSPS) is 12.1. The second-order valence-corrected chi connectivity index (χ2v) is 5.45. The molecule has 0 aliphatic rings. The fourth-order valence-corrected chi connectivity index (χ4v) is 2.36. The van der Waals surface area contributed by atoms with Gasteiger partial charge in [-0.2, -0.15) is 0 Å². The molecule has 0 unspecified atom stereocenters. The van der Waals surface area contributed by atoms with E-state index in [1.165, 1.54) is 24.8 Å². The van der Waals surface area contributed by atoms with Gasteiger partial charge >= 0.3 is 0 Å². The van der Waals surface area contributed by atoms with Crippen molar-refractivity contribution in [3.63, 3.8) is 0 Å². The molecule has 2 aromatic carbocycles.